The Morgan fingerprint density at radius 1 is 1.11 bits per heavy atom. The van der Waals surface area contributed by atoms with Gasteiger partial charge in [-0.2, -0.15) is 0 Å². The van der Waals surface area contributed by atoms with Gasteiger partial charge in [-0.3, -0.25) is 0 Å². The van der Waals surface area contributed by atoms with Crippen molar-refractivity contribution in [3.63, 3.8) is 0 Å². The highest BCUT2D eigenvalue weighted by molar-refractivity contribution is 5.50. The quantitative estimate of drug-likeness (QED) is 0.779. The van der Waals surface area contributed by atoms with Gasteiger partial charge in [-0.1, -0.05) is 0 Å². The van der Waals surface area contributed by atoms with E-state index in [-0.39, 0.29) is 6.61 Å². The summed E-state index contributed by atoms with van der Waals surface area (Å²) in [4.78, 5) is 3.77. The van der Waals surface area contributed by atoms with Crippen molar-refractivity contribution in [2.45, 2.75) is 6.61 Å². The lowest BCUT2D eigenvalue weighted by Crippen LogP contribution is -2.43. The first-order chi connectivity index (χ1) is 9.36. The van der Waals surface area contributed by atoms with Crippen LogP contribution in [0, 0.1) is 0 Å². The number of rotatable bonds is 3. The van der Waals surface area contributed by atoms with E-state index in [4.69, 9.17) is 5.11 Å². The fourth-order valence-corrected chi connectivity index (χ4v) is 2.14. The summed E-state index contributed by atoms with van der Waals surface area (Å²) < 4.78 is 0. The highest BCUT2D eigenvalue weighted by Crippen LogP contribution is 2.17. The van der Waals surface area contributed by atoms with Gasteiger partial charge in [0.05, 0.1) is 5.69 Å². The number of anilines is 1. The Morgan fingerprint density at radius 3 is 2.42 bits per heavy atom. The molecule has 0 aliphatic carbocycles. The molecular formula is C12H16N6O. The van der Waals surface area contributed by atoms with Crippen molar-refractivity contribution in [1.29, 1.82) is 0 Å². The van der Waals surface area contributed by atoms with Gasteiger partial charge in [0.2, 0.25) is 5.82 Å². The number of aromatic nitrogens is 4. The number of hydrogen-bond acceptors (Lipinski definition) is 6. The molecule has 2 aromatic rings. The monoisotopic (exact) mass is 260 g/mol. The lowest BCUT2D eigenvalue weighted by molar-refractivity contribution is 0.271. The van der Waals surface area contributed by atoms with Gasteiger partial charge in [-0.05, 0) is 29.5 Å². The summed E-state index contributed by atoms with van der Waals surface area (Å²) in [7, 11) is 0. The third kappa shape index (κ3) is 2.56. The smallest absolute Gasteiger partial charge is 0.200 e. The van der Waals surface area contributed by atoms with Gasteiger partial charge in [0, 0.05) is 31.9 Å². The highest BCUT2D eigenvalue weighted by atomic mass is 16.3. The number of piperazine rings is 1. The zero-order valence-corrected chi connectivity index (χ0v) is 10.5. The van der Waals surface area contributed by atoms with Gasteiger partial charge in [0.25, 0.3) is 0 Å². The van der Waals surface area contributed by atoms with Crippen molar-refractivity contribution < 1.29 is 5.11 Å². The van der Waals surface area contributed by atoms with Gasteiger partial charge < -0.3 is 15.3 Å². The number of hydrogen-bond donors (Lipinski definition) is 2. The molecule has 0 saturated carbocycles. The van der Waals surface area contributed by atoms with Crippen LogP contribution < -0.4 is 10.2 Å². The lowest BCUT2D eigenvalue weighted by Gasteiger charge is -2.29. The summed E-state index contributed by atoms with van der Waals surface area (Å²) in [6, 6.07) is 8.03. The van der Waals surface area contributed by atoms with Crippen LogP contribution >= 0.6 is 0 Å². The number of tetrazole rings is 1. The Bertz CT molecular complexity index is 531. The fraction of sp³-hybridized carbons (Fsp3) is 0.417. The third-order valence-corrected chi connectivity index (χ3v) is 3.16. The van der Waals surface area contributed by atoms with E-state index in [1.165, 1.54) is 10.5 Å². The van der Waals surface area contributed by atoms with E-state index in [9.17, 15) is 0 Å². The Hall–Kier alpha value is -1.99. The molecular weight excluding hydrogens is 244 g/mol. The van der Waals surface area contributed by atoms with Crippen LogP contribution in [0.4, 0.5) is 5.69 Å². The van der Waals surface area contributed by atoms with E-state index in [1.807, 2.05) is 12.1 Å². The van der Waals surface area contributed by atoms with Gasteiger partial charge >= 0.3 is 0 Å². The first-order valence-electron chi connectivity index (χ1n) is 6.33. The normalized spacial score (nSPS) is 15.7. The van der Waals surface area contributed by atoms with Gasteiger partial charge in [0.1, 0.15) is 6.61 Å². The first-order valence-corrected chi connectivity index (χ1v) is 6.33. The molecule has 1 aromatic heterocycles. The summed E-state index contributed by atoms with van der Waals surface area (Å²) in [6.45, 7) is 3.89. The van der Waals surface area contributed by atoms with Crippen molar-refractivity contribution in [3.8, 4) is 5.69 Å². The molecule has 2 heterocycles. The Kier molecular flexibility index (Phi) is 3.39. The van der Waals surface area contributed by atoms with Crippen LogP contribution in [-0.4, -0.2) is 51.5 Å². The summed E-state index contributed by atoms with van der Waals surface area (Å²) in [5.74, 6) is 0.325. The molecule has 19 heavy (non-hydrogen) atoms. The number of aliphatic hydroxyl groups is 1. The molecule has 1 aliphatic heterocycles. The summed E-state index contributed by atoms with van der Waals surface area (Å²) in [5, 5.41) is 23.9. The minimum atomic E-state index is -0.196. The number of nitrogens with one attached hydrogen (secondary N) is 1. The molecule has 7 nitrogen and oxygen atoms in total. The minimum Gasteiger partial charge on any atom is -0.388 e. The standard InChI is InChI=1S/C12H16N6O/c19-9-12-14-16-18(15-12)11-3-1-10(2-4-11)17-7-5-13-6-8-17/h1-4,13,19H,5-9H2. The van der Waals surface area contributed by atoms with Crippen molar-refractivity contribution in [3.05, 3.63) is 30.1 Å². The van der Waals surface area contributed by atoms with Crippen molar-refractivity contribution in [1.82, 2.24) is 25.5 Å². The molecule has 0 atom stereocenters. The topological polar surface area (TPSA) is 79.1 Å². The molecule has 1 saturated heterocycles. The third-order valence-electron chi connectivity index (χ3n) is 3.16. The molecule has 2 N–H and O–H groups in total. The molecule has 1 aliphatic rings. The van der Waals surface area contributed by atoms with E-state index in [0.717, 1.165) is 31.9 Å². The predicted octanol–water partition coefficient (Wildman–Crippen LogP) is -0.436. The molecule has 100 valence electrons. The van der Waals surface area contributed by atoms with E-state index in [2.05, 4.69) is 37.8 Å². The first kappa shape index (κ1) is 12.1. The second kappa shape index (κ2) is 5.33. The summed E-state index contributed by atoms with van der Waals surface area (Å²) in [5.41, 5.74) is 2.04. The fourth-order valence-electron chi connectivity index (χ4n) is 2.14. The Morgan fingerprint density at radius 2 is 1.79 bits per heavy atom. The number of aliphatic hydroxyl groups excluding tert-OH is 1. The Labute approximate surface area is 110 Å². The van der Waals surface area contributed by atoms with Crippen molar-refractivity contribution in [2.24, 2.45) is 0 Å². The second-order valence-corrected chi connectivity index (χ2v) is 4.41. The average Bonchev–Trinajstić information content (AvgIpc) is 2.97. The van der Waals surface area contributed by atoms with Crippen LogP contribution in [0.1, 0.15) is 5.82 Å². The molecule has 0 amide bonds. The van der Waals surface area contributed by atoms with Crippen LogP contribution in [0.2, 0.25) is 0 Å². The second-order valence-electron chi connectivity index (χ2n) is 4.41. The van der Waals surface area contributed by atoms with Crippen LogP contribution in [0.25, 0.3) is 5.69 Å². The lowest BCUT2D eigenvalue weighted by atomic mass is 10.2. The van der Waals surface area contributed by atoms with Crippen LogP contribution in [0.5, 0.6) is 0 Å². The molecule has 0 unspecified atom stereocenters. The van der Waals surface area contributed by atoms with E-state index < -0.39 is 0 Å². The van der Waals surface area contributed by atoms with E-state index >= 15 is 0 Å². The van der Waals surface area contributed by atoms with Gasteiger partial charge in [0.15, 0.2) is 0 Å². The molecule has 0 radical (unpaired) electrons. The van der Waals surface area contributed by atoms with Crippen LogP contribution in [0.15, 0.2) is 24.3 Å². The largest absolute Gasteiger partial charge is 0.388 e. The van der Waals surface area contributed by atoms with Crippen LogP contribution in [0.3, 0.4) is 0 Å². The average molecular weight is 260 g/mol. The van der Waals surface area contributed by atoms with E-state index in [1.54, 1.807) is 0 Å². The van der Waals surface area contributed by atoms with Gasteiger partial charge in [-0.25, -0.2) is 0 Å². The maximum absolute atomic E-state index is 8.92. The predicted molar refractivity (Wildman–Crippen MR) is 70.2 cm³/mol. The molecule has 1 fully saturated rings. The zero-order valence-electron chi connectivity index (χ0n) is 10.5. The highest BCUT2D eigenvalue weighted by Gasteiger charge is 2.10. The molecule has 1 aromatic carbocycles. The molecule has 0 spiro atoms. The number of nitrogens with zero attached hydrogens (tertiary/aromatic N) is 5. The summed E-state index contributed by atoms with van der Waals surface area (Å²) >= 11 is 0. The van der Waals surface area contributed by atoms with Crippen molar-refractivity contribution >= 4 is 5.69 Å². The molecule has 3 rings (SSSR count). The SMILES string of the molecule is OCc1nnn(-c2ccc(N3CCNCC3)cc2)n1. The van der Waals surface area contributed by atoms with Crippen LogP contribution in [-0.2, 0) is 6.61 Å². The summed E-state index contributed by atoms with van der Waals surface area (Å²) in [6.07, 6.45) is 0. The number of benzene rings is 1. The minimum absolute atomic E-state index is 0.196. The van der Waals surface area contributed by atoms with Crippen molar-refractivity contribution in [2.75, 3.05) is 31.1 Å². The maximum Gasteiger partial charge on any atom is 0.200 e. The zero-order chi connectivity index (χ0) is 13.1. The van der Waals surface area contributed by atoms with E-state index in [0.29, 0.717) is 5.82 Å². The molecule has 7 heteroatoms. The maximum atomic E-state index is 8.92. The molecule has 0 bridgehead atoms. The Balaban J connectivity index is 1.78. The van der Waals surface area contributed by atoms with Gasteiger partial charge in [-0.15, -0.1) is 15.0 Å².